The van der Waals surface area contributed by atoms with Gasteiger partial charge < -0.3 is 25.7 Å². The van der Waals surface area contributed by atoms with Crippen molar-refractivity contribution in [3.8, 4) is 11.5 Å². The molecule has 1 fully saturated rings. The third kappa shape index (κ3) is 5.97. The van der Waals surface area contributed by atoms with Crippen molar-refractivity contribution < 1.29 is 22.7 Å². The zero-order valence-corrected chi connectivity index (χ0v) is 23.3. The predicted octanol–water partition coefficient (Wildman–Crippen LogP) is 6.79. The molecule has 4 aromatic rings. The smallest absolute Gasteiger partial charge is 0.416 e. The molecule has 3 atom stereocenters. The summed E-state index contributed by atoms with van der Waals surface area (Å²) < 4.78 is 44.5. The van der Waals surface area contributed by atoms with E-state index in [0.29, 0.717) is 49.4 Å². The molecule has 1 saturated carbocycles. The highest BCUT2D eigenvalue weighted by Gasteiger charge is 2.34. The van der Waals surface area contributed by atoms with Crippen LogP contribution in [0.1, 0.15) is 42.5 Å². The van der Waals surface area contributed by atoms with E-state index in [1.165, 1.54) is 24.1 Å². The third-order valence-corrected chi connectivity index (χ3v) is 8.68. The number of nitrogens with two attached hydrogens (primary N) is 1. The Morgan fingerprint density at radius 2 is 1.67 bits per heavy atom. The van der Waals surface area contributed by atoms with Gasteiger partial charge in [0.05, 0.1) is 12.1 Å². The quantitative estimate of drug-likeness (QED) is 0.226. The van der Waals surface area contributed by atoms with E-state index >= 15 is 0 Å². The molecule has 6 rings (SSSR count). The Morgan fingerprint density at radius 1 is 0.976 bits per heavy atom. The number of carbonyl (C=O) groups is 1. The van der Waals surface area contributed by atoms with Crippen LogP contribution in [-0.4, -0.2) is 30.0 Å². The van der Waals surface area contributed by atoms with Crippen LogP contribution >= 0.6 is 0 Å². The van der Waals surface area contributed by atoms with Gasteiger partial charge >= 0.3 is 6.18 Å². The molecule has 42 heavy (non-hydrogen) atoms. The minimum atomic E-state index is -4.40. The lowest BCUT2D eigenvalue weighted by molar-refractivity contribution is -0.137. The van der Waals surface area contributed by atoms with Crippen LogP contribution in [0.4, 0.5) is 18.9 Å². The van der Waals surface area contributed by atoms with Crippen LogP contribution in [0.15, 0.2) is 72.8 Å². The molecule has 9 heteroatoms. The monoisotopic (exact) mass is 576 g/mol. The minimum Gasteiger partial charge on any atom is -0.457 e. The molecule has 1 aliphatic carbocycles. The summed E-state index contributed by atoms with van der Waals surface area (Å²) in [5.74, 6) is 1.79. The topological polar surface area (TPSA) is 83.4 Å². The summed E-state index contributed by atoms with van der Waals surface area (Å²) in [7, 11) is 0. The number of amides is 1. The maximum Gasteiger partial charge on any atom is 0.416 e. The summed E-state index contributed by atoms with van der Waals surface area (Å²) in [5.41, 5.74) is 9.38. The normalized spacial score (nSPS) is 20.8. The van der Waals surface area contributed by atoms with E-state index < -0.39 is 17.8 Å². The molecular weight excluding hydrogens is 541 g/mol. The number of benzene rings is 3. The van der Waals surface area contributed by atoms with E-state index in [1.807, 2.05) is 24.3 Å². The number of fused-ring (bicyclic) bond motifs is 3. The number of hydrogen-bond acceptors (Lipinski definition) is 4. The average molecular weight is 577 g/mol. The molecule has 6 nitrogen and oxygen atoms in total. The van der Waals surface area contributed by atoms with Crippen molar-refractivity contribution in [3.05, 3.63) is 89.6 Å². The molecule has 0 saturated heterocycles. The van der Waals surface area contributed by atoms with Crippen LogP contribution in [-0.2, 0) is 23.9 Å². The summed E-state index contributed by atoms with van der Waals surface area (Å²) >= 11 is 0. The number of nitrogens with zero attached hydrogens (tertiary/aromatic N) is 1. The van der Waals surface area contributed by atoms with Gasteiger partial charge in [-0.3, -0.25) is 4.79 Å². The van der Waals surface area contributed by atoms with Crippen LogP contribution in [0, 0.1) is 11.8 Å². The molecule has 0 spiro atoms. The van der Waals surface area contributed by atoms with Gasteiger partial charge in [0.2, 0.25) is 5.91 Å². The Kier molecular flexibility index (Phi) is 7.86. The molecular formula is C33H35F3N4O2. The number of H-pyrrole nitrogens is 1. The van der Waals surface area contributed by atoms with E-state index in [1.54, 1.807) is 12.1 Å². The van der Waals surface area contributed by atoms with Gasteiger partial charge in [-0.2, -0.15) is 13.2 Å². The van der Waals surface area contributed by atoms with Crippen molar-refractivity contribution in [2.24, 2.45) is 17.6 Å². The number of alkyl halides is 3. The first-order chi connectivity index (χ1) is 20.3. The fourth-order valence-electron chi connectivity index (χ4n) is 6.43. The van der Waals surface area contributed by atoms with Gasteiger partial charge in [0.1, 0.15) is 17.5 Å². The van der Waals surface area contributed by atoms with Crippen molar-refractivity contribution in [2.45, 2.75) is 50.9 Å². The van der Waals surface area contributed by atoms with Gasteiger partial charge in [-0.1, -0.05) is 24.6 Å². The number of rotatable bonds is 7. The maximum atomic E-state index is 13.8. The Labute approximate surface area is 243 Å². The lowest BCUT2D eigenvalue weighted by atomic mass is 9.81. The van der Waals surface area contributed by atoms with E-state index in [2.05, 4.69) is 27.3 Å². The van der Waals surface area contributed by atoms with Crippen LogP contribution in [0.25, 0.3) is 10.9 Å². The summed E-state index contributed by atoms with van der Waals surface area (Å²) in [6, 6.07) is 19.7. The Hall–Kier alpha value is -3.98. The van der Waals surface area contributed by atoms with Gasteiger partial charge in [-0.25, -0.2) is 0 Å². The fourth-order valence-corrected chi connectivity index (χ4v) is 6.43. The van der Waals surface area contributed by atoms with Crippen molar-refractivity contribution in [2.75, 3.05) is 18.0 Å². The predicted molar refractivity (Wildman–Crippen MR) is 157 cm³/mol. The highest BCUT2D eigenvalue weighted by Crippen LogP contribution is 2.36. The second kappa shape index (κ2) is 11.7. The molecule has 2 heterocycles. The van der Waals surface area contributed by atoms with Gasteiger partial charge in [0.25, 0.3) is 0 Å². The van der Waals surface area contributed by atoms with E-state index in [9.17, 15) is 18.0 Å². The van der Waals surface area contributed by atoms with Crippen molar-refractivity contribution in [3.63, 3.8) is 0 Å². The SMILES string of the molecule is NCC1CCCC(CNC(=O)C2Cc3c([nH]c4ccccc34)CN2c2ccc(Oc3ccc(C(F)(F)F)cc3)cc2)C1. The molecule has 220 valence electrons. The van der Waals surface area contributed by atoms with Crippen molar-refractivity contribution >= 4 is 22.5 Å². The number of hydrogen-bond donors (Lipinski definition) is 3. The largest absolute Gasteiger partial charge is 0.457 e. The molecule has 2 aliphatic rings. The summed E-state index contributed by atoms with van der Waals surface area (Å²) in [4.78, 5) is 19.4. The lowest BCUT2D eigenvalue weighted by Gasteiger charge is -2.37. The van der Waals surface area contributed by atoms with Gasteiger partial charge in [-0.05, 0) is 97.8 Å². The minimum absolute atomic E-state index is 0.00545. The number of carbonyl (C=O) groups excluding carboxylic acids is 1. The first-order valence-corrected chi connectivity index (χ1v) is 14.6. The Bertz CT molecular complexity index is 1530. The first kappa shape index (κ1) is 28.2. The molecule has 3 aromatic carbocycles. The molecule has 3 unspecified atom stereocenters. The second-order valence-corrected chi connectivity index (χ2v) is 11.5. The van der Waals surface area contributed by atoms with Gasteiger partial charge in [-0.15, -0.1) is 0 Å². The maximum absolute atomic E-state index is 13.8. The van der Waals surface area contributed by atoms with E-state index in [0.717, 1.165) is 53.7 Å². The van der Waals surface area contributed by atoms with E-state index in [-0.39, 0.29) is 5.91 Å². The number of anilines is 1. The Morgan fingerprint density at radius 3 is 2.38 bits per heavy atom. The number of aromatic nitrogens is 1. The first-order valence-electron chi connectivity index (χ1n) is 14.6. The van der Waals surface area contributed by atoms with E-state index in [4.69, 9.17) is 10.5 Å². The van der Waals surface area contributed by atoms with Crippen LogP contribution < -0.4 is 20.7 Å². The van der Waals surface area contributed by atoms with Crippen molar-refractivity contribution in [1.29, 1.82) is 0 Å². The zero-order chi connectivity index (χ0) is 29.3. The fraction of sp³-hybridized carbons (Fsp3) is 0.364. The molecule has 4 N–H and O–H groups in total. The molecule has 1 aliphatic heterocycles. The summed E-state index contributed by atoms with van der Waals surface area (Å²) in [6.07, 6.45) is 0.657. The summed E-state index contributed by atoms with van der Waals surface area (Å²) in [5, 5.41) is 4.40. The molecule has 1 amide bonds. The number of para-hydroxylation sites is 1. The van der Waals surface area contributed by atoms with Crippen LogP contribution in [0.3, 0.4) is 0 Å². The number of aromatic amines is 1. The molecule has 0 bridgehead atoms. The van der Waals surface area contributed by atoms with Gasteiger partial charge in [0.15, 0.2) is 0 Å². The number of halogens is 3. The molecule has 0 radical (unpaired) electrons. The lowest BCUT2D eigenvalue weighted by Crippen LogP contribution is -2.51. The second-order valence-electron chi connectivity index (χ2n) is 11.5. The highest BCUT2D eigenvalue weighted by atomic mass is 19.4. The van der Waals surface area contributed by atoms with Crippen molar-refractivity contribution in [1.82, 2.24) is 10.3 Å². The van der Waals surface area contributed by atoms with Crippen LogP contribution in [0.5, 0.6) is 11.5 Å². The summed E-state index contributed by atoms with van der Waals surface area (Å²) in [6.45, 7) is 1.89. The number of nitrogens with one attached hydrogen (secondary N) is 2. The van der Waals surface area contributed by atoms with Crippen LogP contribution in [0.2, 0.25) is 0 Å². The zero-order valence-electron chi connectivity index (χ0n) is 23.3. The average Bonchev–Trinajstić information content (AvgIpc) is 3.37. The van der Waals surface area contributed by atoms with Gasteiger partial charge in [0, 0.05) is 35.2 Å². The highest BCUT2D eigenvalue weighted by molar-refractivity contribution is 5.90. The third-order valence-electron chi connectivity index (χ3n) is 8.68. The number of ether oxygens (including phenoxy) is 1. The molecule has 1 aromatic heterocycles. The standard InChI is InChI=1S/C33H35F3N4O2/c34-33(35,36)23-8-12-25(13-9-23)42-26-14-10-24(11-15-26)40-20-30-28(27-6-1-2-7-29(27)39-30)17-31(40)32(41)38-19-22-5-3-4-21(16-22)18-37/h1-2,6-15,21-22,31,39H,3-5,16-20,37H2,(H,38,41). The Balaban J connectivity index is 1.21.